The van der Waals surface area contributed by atoms with Crippen LogP contribution in [0.1, 0.15) is 6.92 Å². The van der Waals surface area contributed by atoms with Crippen LogP contribution in [0.2, 0.25) is 0 Å². The average Bonchev–Trinajstić information content (AvgIpc) is 2.99. The molecule has 0 saturated carbocycles. The van der Waals surface area contributed by atoms with Crippen LogP contribution in [0.5, 0.6) is 0 Å². The summed E-state index contributed by atoms with van der Waals surface area (Å²) in [6.07, 6.45) is 0. The Morgan fingerprint density at radius 3 is 2.79 bits per heavy atom. The van der Waals surface area contributed by atoms with E-state index in [9.17, 15) is 0 Å². The summed E-state index contributed by atoms with van der Waals surface area (Å²) in [6, 6.07) is 19.6. The predicted molar refractivity (Wildman–Crippen MR) is 101 cm³/mol. The van der Waals surface area contributed by atoms with Crippen LogP contribution >= 0.6 is 11.8 Å². The zero-order valence-corrected chi connectivity index (χ0v) is 14.4. The Kier molecular flexibility index (Phi) is 3.95. The SMILES string of the molecule is CCSc1ccc(N2CC(C#N)C2)c(-c2cc3ccccc3[nH]2)c1. The van der Waals surface area contributed by atoms with E-state index in [2.05, 4.69) is 71.4 Å². The van der Waals surface area contributed by atoms with Crippen molar-refractivity contribution in [3.63, 3.8) is 0 Å². The molecular formula is C20H19N3S. The third-order valence-electron chi connectivity index (χ3n) is 4.50. The van der Waals surface area contributed by atoms with E-state index in [-0.39, 0.29) is 5.92 Å². The fraction of sp³-hybridized carbons (Fsp3) is 0.250. The molecular weight excluding hydrogens is 314 g/mol. The fourth-order valence-electron chi connectivity index (χ4n) is 3.24. The first-order valence-electron chi connectivity index (χ1n) is 8.28. The zero-order chi connectivity index (χ0) is 16.5. The van der Waals surface area contributed by atoms with Gasteiger partial charge in [-0.25, -0.2) is 0 Å². The molecule has 4 heteroatoms. The normalized spacial score (nSPS) is 14.6. The molecule has 0 atom stereocenters. The second kappa shape index (κ2) is 6.26. The van der Waals surface area contributed by atoms with Crippen molar-refractivity contribution in [1.82, 2.24) is 4.98 Å². The van der Waals surface area contributed by atoms with Gasteiger partial charge in [-0.05, 0) is 36.1 Å². The number of benzene rings is 2. The fourth-order valence-corrected chi connectivity index (χ4v) is 3.94. The molecule has 2 aromatic carbocycles. The minimum atomic E-state index is 0.158. The quantitative estimate of drug-likeness (QED) is 0.690. The van der Waals surface area contributed by atoms with Crippen LogP contribution in [0.3, 0.4) is 0 Å². The third kappa shape index (κ3) is 2.65. The van der Waals surface area contributed by atoms with Gasteiger partial charge in [-0.3, -0.25) is 0 Å². The molecule has 0 spiro atoms. The Balaban J connectivity index is 1.78. The number of nitrogens with one attached hydrogen (secondary N) is 1. The number of fused-ring (bicyclic) bond motifs is 1. The molecule has 3 aromatic rings. The van der Waals surface area contributed by atoms with Gasteiger partial charge in [-0.1, -0.05) is 25.1 Å². The Labute approximate surface area is 146 Å². The van der Waals surface area contributed by atoms with E-state index in [1.807, 2.05) is 11.8 Å². The van der Waals surface area contributed by atoms with Crippen molar-refractivity contribution in [2.24, 2.45) is 5.92 Å². The summed E-state index contributed by atoms with van der Waals surface area (Å²) >= 11 is 1.86. The minimum Gasteiger partial charge on any atom is -0.368 e. The van der Waals surface area contributed by atoms with E-state index in [0.29, 0.717) is 0 Å². The Hall–Kier alpha value is -2.38. The molecule has 24 heavy (non-hydrogen) atoms. The van der Waals surface area contributed by atoms with Gasteiger partial charge in [0.1, 0.15) is 0 Å². The molecule has 0 aliphatic carbocycles. The first kappa shape index (κ1) is 15.2. The van der Waals surface area contributed by atoms with Crippen LogP contribution in [0, 0.1) is 17.2 Å². The minimum absolute atomic E-state index is 0.158. The number of aromatic nitrogens is 1. The first-order chi connectivity index (χ1) is 11.8. The van der Waals surface area contributed by atoms with Crippen LogP contribution < -0.4 is 4.90 Å². The maximum Gasteiger partial charge on any atom is 0.0813 e. The van der Waals surface area contributed by atoms with Gasteiger partial charge in [-0.2, -0.15) is 5.26 Å². The number of hydrogen-bond acceptors (Lipinski definition) is 3. The largest absolute Gasteiger partial charge is 0.368 e. The summed E-state index contributed by atoms with van der Waals surface area (Å²) in [6.45, 7) is 3.82. The van der Waals surface area contributed by atoms with Crippen LogP contribution in [0.4, 0.5) is 5.69 Å². The molecule has 2 heterocycles. The molecule has 4 rings (SSSR count). The van der Waals surface area contributed by atoms with Crippen molar-refractivity contribution in [3.05, 3.63) is 48.5 Å². The van der Waals surface area contributed by atoms with E-state index < -0.39 is 0 Å². The smallest absolute Gasteiger partial charge is 0.0813 e. The van der Waals surface area contributed by atoms with Crippen LogP contribution in [0.15, 0.2) is 53.4 Å². The second-order valence-electron chi connectivity index (χ2n) is 6.11. The number of aromatic amines is 1. The number of anilines is 1. The number of nitrogens with zero attached hydrogens (tertiary/aromatic N) is 2. The van der Waals surface area contributed by atoms with E-state index in [4.69, 9.17) is 5.26 Å². The average molecular weight is 333 g/mol. The van der Waals surface area contributed by atoms with Gasteiger partial charge in [0.15, 0.2) is 0 Å². The zero-order valence-electron chi connectivity index (χ0n) is 13.6. The lowest BCUT2D eigenvalue weighted by Gasteiger charge is -2.38. The summed E-state index contributed by atoms with van der Waals surface area (Å²) in [7, 11) is 0. The van der Waals surface area contributed by atoms with Gasteiger partial charge in [0, 0.05) is 45.8 Å². The molecule has 1 aromatic heterocycles. The standard InChI is InChI=1S/C20H19N3S/c1-2-24-16-7-8-20(23-12-14(11-21)13-23)17(10-16)19-9-15-5-3-4-6-18(15)22-19/h3-10,14,22H,2,12-13H2,1H3. The second-order valence-corrected chi connectivity index (χ2v) is 7.45. The van der Waals surface area contributed by atoms with E-state index in [1.165, 1.54) is 21.5 Å². The van der Waals surface area contributed by atoms with Crippen LogP contribution in [-0.4, -0.2) is 23.8 Å². The van der Waals surface area contributed by atoms with Gasteiger partial charge in [-0.15, -0.1) is 11.8 Å². The molecule has 3 nitrogen and oxygen atoms in total. The van der Waals surface area contributed by atoms with Gasteiger partial charge < -0.3 is 9.88 Å². The molecule has 120 valence electrons. The van der Waals surface area contributed by atoms with Crippen molar-refractivity contribution >= 4 is 28.4 Å². The number of nitriles is 1. The van der Waals surface area contributed by atoms with Crippen molar-refractivity contribution in [2.75, 3.05) is 23.7 Å². The Morgan fingerprint density at radius 2 is 2.04 bits per heavy atom. The Morgan fingerprint density at radius 1 is 1.21 bits per heavy atom. The molecule has 0 bridgehead atoms. The van der Waals surface area contributed by atoms with Gasteiger partial charge >= 0.3 is 0 Å². The van der Waals surface area contributed by atoms with Crippen molar-refractivity contribution in [1.29, 1.82) is 5.26 Å². The lowest BCUT2D eigenvalue weighted by molar-refractivity contribution is 0.505. The summed E-state index contributed by atoms with van der Waals surface area (Å²) < 4.78 is 0. The van der Waals surface area contributed by atoms with Crippen molar-refractivity contribution in [2.45, 2.75) is 11.8 Å². The van der Waals surface area contributed by atoms with Gasteiger partial charge in [0.05, 0.1) is 12.0 Å². The lowest BCUT2D eigenvalue weighted by atomic mass is 9.98. The van der Waals surface area contributed by atoms with Gasteiger partial charge in [0.2, 0.25) is 0 Å². The van der Waals surface area contributed by atoms with Crippen LogP contribution in [-0.2, 0) is 0 Å². The topological polar surface area (TPSA) is 42.8 Å². The maximum atomic E-state index is 9.06. The first-order valence-corrected chi connectivity index (χ1v) is 9.26. The molecule has 0 radical (unpaired) electrons. The van der Waals surface area contributed by atoms with E-state index >= 15 is 0 Å². The van der Waals surface area contributed by atoms with Crippen molar-refractivity contribution < 1.29 is 0 Å². The number of para-hydroxylation sites is 1. The highest BCUT2D eigenvalue weighted by molar-refractivity contribution is 7.99. The number of rotatable bonds is 4. The highest BCUT2D eigenvalue weighted by atomic mass is 32.2. The van der Waals surface area contributed by atoms with Gasteiger partial charge in [0.25, 0.3) is 0 Å². The predicted octanol–water partition coefficient (Wildman–Crippen LogP) is 4.91. The summed E-state index contributed by atoms with van der Waals surface area (Å²) in [5.41, 5.74) is 4.74. The molecule has 0 amide bonds. The molecule has 1 aliphatic rings. The number of thioether (sulfide) groups is 1. The molecule has 1 fully saturated rings. The molecule has 1 aliphatic heterocycles. The van der Waals surface area contributed by atoms with Crippen LogP contribution in [0.25, 0.3) is 22.2 Å². The molecule has 1 N–H and O–H groups in total. The summed E-state index contributed by atoms with van der Waals surface area (Å²) in [5.74, 6) is 1.22. The van der Waals surface area contributed by atoms with E-state index in [1.54, 1.807) is 0 Å². The summed E-state index contributed by atoms with van der Waals surface area (Å²) in [5, 5.41) is 10.3. The monoisotopic (exact) mass is 333 g/mol. The van der Waals surface area contributed by atoms with Crippen molar-refractivity contribution in [3.8, 4) is 17.3 Å². The third-order valence-corrected chi connectivity index (χ3v) is 5.38. The maximum absolute atomic E-state index is 9.06. The number of H-pyrrole nitrogens is 1. The molecule has 0 unspecified atom stereocenters. The molecule has 1 saturated heterocycles. The number of hydrogen-bond donors (Lipinski definition) is 1. The highest BCUT2D eigenvalue weighted by Crippen LogP contribution is 2.38. The Bertz CT molecular complexity index is 883. The highest BCUT2D eigenvalue weighted by Gasteiger charge is 2.28. The lowest BCUT2D eigenvalue weighted by Crippen LogP contribution is -2.46. The van der Waals surface area contributed by atoms with E-state index in [0.717, 1.165) is 30.1 Å². The summed E-state index contributed by atoms with van der Waals surface area (Å²) in [4.78, 5) is 7.13.